The number of hydrogen-bond acceptors (Lipinski definition) is 5. The molecular weight excluding hydrogens is 344 g/mol. The number of rotatable bonds is 3. The maximum atomic E-state index is 12.0. The van der Waals surface area contributed by atoms with Gasteiger partial charge in [-0.1, -0.05) is 6.07 Å². The lowest BCUT2D eigenvalue weighted by molar-refractivity contribution is 0.568. The average Bonchev–Trinajstić information content (AvgIpc) is 3.23. The van der Waals surface area contributed by atoms with Crippen LogP contribution in [0.2, 0.25) is 0 Å². The third kappa shape index (κ3) is 2.53. The highest BCUT2D eigenvalue weighted by Crippen LogP contribution is 2.37. The Morgan fingerprint density at radius 2 is 2.12 bits per heavy atom. The fourth-order valence-electron chi connectivity index (χ4n) is 3.19. The molecule has 0 amide bonds. The molecule has 0 saturated carbocycles. The minimum atomic E-state index is -3.26. The van der Waals surface area contributed by atoms with Crippen molar-refractivity contribution < 1.29 is 12.8 Å². The van der Waals surface area contributed by atoms with E-state index < -0.39 is 10.0 Å². The molecule has 1 aliphatic rings. The first-order chi connectivity index (χ1) is 11.4. The van der Waals surface area contributed by atoms with Crippen molar-refractivity contribution in [2.75, 3.05) is 10.6 Å². The van der Waals surface area contributed by atoms with E-state index in [0.29, 0.717) is 0 Å². The Morgan fingerprint density at radius 1 is 1.29 bits per heavy atom. The van der Waals surface area contributed by atoms with Crippen LogP contribution in [-0.2, 0) is 16.4 Å². The van der Waals surface area contributed by atoms with Crippen molar-refractivity contribution in [3.8, 4) is 21.8 Å². The van der Waals surface area contributed by atoms with E-state index in [4.69, 9.17) is 4.42 Å². The smallest absolute Gasteiger partial charge is 0.232 e. The van der Waals surface area contributed by atoms with Crippen molar-refractivity contribution in [3.63, 3.8) is 0 Å². The van der Waals surface area contributed by atoms with E-state index in [1.807, 2.05) is 36.6 Å². The van der Waals surface area contributed by atoms with Gasteiger partial charge in [0, 0.05) is 22.5 Å². The summed E-state index contributed by atoms with van der Waals surface area (Å²) in [6.45, 7) is 1.93. The van der Waals surface area contributed by atoms with Crippen molar-refractivity contribution in [2.24, 2.45) is 0 Å². The molecule has 1 aliphatic heterocycles. The predicted molar refractivity (Wildman–Crippen MR) is 95.7 cm³/mol. The van der Waals surface area contributed by atoms with Gasteiger partial charge in [0.25, 0.3) is 0 Å². The maximum Gasteiger partial charge on any atom is 0.232 e. The number of hydrogen-bond donors (Lipinski definition) is 0. The Hall–Kier alpha value is -2.12. The molecule has 0 radical (unpaired) electrons. The lowest BCUT2D eigenvalue weighted by Gasteiger charge is -2.21. The van der Waals surface area contributed by atoms with Crippen molar-refractivity contribution in [2.45, 2.75) is 19.4 Å². The van der Waals surface area contributed by atoms with Gasteiger partial charge in [-0.05, 0) is 37.1 Å². The van der Waals surface area contributed by atoms with Crippen LogP contribution in [0.25, 0.3) is 21.8 Å². The molecule has 0 fully saturated rings. The average molecular weight is 360 g/mol. The second kappa shape index (κ2) is 5.46. The first kappa shape index (κ1) is 15.4. The highest BCUT2D eigenvalue weighted by Gasteiger charge is 2.32. The summed E-state index contributed by atoms with van der Waals surface area (Å²) in [5.74, 6) is 0. The summed E-state index contributed by atoms with van der Waals surface area (Å²) in [6.07, 6.45) is 5.28. The van der Waals surface area contributed by atoms with Crippen LogP contribution in [0, 0.1) is 0 Å². The van der Waals surface area contributed by atoms with Gasteiger partial charge in [-0.3, -0.25) is 4.31 Å². The summed E-state index contributed by atoms with van der Waals surface area (Å²) in [5, 5.41) is 2.92. The summed E-state index contributed by atoms with van der Waals surface area (Å²) in [6, 6.07) is 7.69. The monoisotopic (exact) mass is 360 g/mol. The molecule has 2 aromatic heterocycles. The van der Waals surface area contributed by atoms with E-state index in [9.17, 15) is 8.42 Å². The van der Waals surface area contributed by atoms with E-state index in [1.165, 1.54) is 10.6 Å². The van der Waals surface area contributed by atoms with Gasteiger partial charge in [-0.15, -0.1) is 11.3 Å². The van der Waals surface area contributed by atoms with E-state index in [2.05, 4.69) is 4.98 Å². The Kier molecular flexibility index (Phi) is 3.51. The maximum absolute atomic E-state index is 12.0. The molecule has 5 nitrogen and oxygen atoms in total. The van der Waals surface area contributed by atoms with Gasteiger partial charge >= 0.3 is 0 Å². The molecule has 0 bridgehead atoms. The highest BCUT2D eigenvalue weighted by atomic mass is 32.2. The fourth-order valence-corrected chi connectivity index (χ4v) is 5.27. The summed E-state index contributed by atoms with van der Waals surface area (Å²) in [4.78, 5) is 4.66. The third-order valence-corrected chi connectivity index (χ3v) is 6.32. The largest absolute Gasteiger partial charge is 0.472 e. The van der Waals surface area contributed by atoms with Crippen molar-refractivity contribution in [1.82, 2.24) is 4.98 Å². The zero-order valence-corrected chi connectivity index (χ0v) is 14.9. The number of aromatic nitrogens is 1. The van der Waals surface area contributed by atoms with Crippen LogP contribution in [0.5, 0.6) is 0 Å². The van der Waals surface area contributed by atoms with E-state index >= 15 is 0 Å². The van der Waals surface area contributed by atoms with Crippen LogP contribution in [0.3, 0.4) is 0 Å². The second-order valence-corrected chi connectivity index (χ2v) is 8.72. The van der Waals surface area contributed by atoms with Crippen molar-refractivity contribution >= 4 is 27.0 Å². The van der Waals surface area contributed by atoms with Gasteiger partial charge in [-0.2, -0.15) is 0 Å². The first-order valence-corrected chi connectivity index (χ1v) is 10.3. The molecule has 3 aromatic rings. The zero-order valence-electron chi connectivity index (χ0n) is 13.3. The molecule has 1 aromatic carbocycles. The summed E-state index contributed by atoms with van der Waals surface area (Å²) in [5.41, 5.74) is 4.68. The quantitative estimate of drug-likeness (QED) is 0.713. The van der Waals surface area contributed by atoms with E-state index in [-0.39, 0.29) is 6.04 Å². The molecule has 7 heteroatoms. The minimum absolute atomic E-state index is 0.0535. The molecule has 1 atom stereocenters. The Labute approximate surface area is 144 Å². The molecule has 3 heterocycles. The van der Waals surface area contributed by atoms with Crippen LogP contribution in [0.15, 0.2) is 46.6 Å². The number of furan rings is 1. The van der Waals surface area contributed by atoms with Gasteiger partial charge in [0.05, 0.1) is 23.9 Å². The van der Waals surface area contributed by atoms with Gasteiger partial charge < -0.3 is 4.42 Å². The standard InChI is InChI=1S/C17H16N2O3S2/c1-11-7-14-8-12(3-4-16(14)19(11)24(2,20)21)15-10-23-17(18-15)13-5-6-22-9-13/h3-6,8-11H,7H2,1-2H3. The molecule has 0 aliphatic carbocycles. The number of thiazole rings is 1. The Balaban J connectivity index is 1.72. The molecule has 0 spiro atoms. The molecule has 4 rings (SSSR count). The molecule has 24 heavy (non-hydrogen) atoms. The lowest BCUT2D eigenvalue weighted by atomic mass is 10.1. The summed E-state index contributed by atoms with van der Waals surface area (Å²) in [7, 11) is -3.26. The highest BCUT2D eigenvalue weighted by molar-refractivity contribution is 7.92. The number of benzene rings is 1. The number of fused-ring (bicyclic) bond motifs is 1. The molecule has 124 valence electrons. The molecule has 0 N–H and O–H groups in total. The SMILES string of the molecule is CC1Cc2cc(-c3csc(-c4ccoc4)n3)ccc2N1S(C)(=O)=O. The fraction of sp³-hybridized carbons (Fsp3) is 0.235. The molecule has 1 unspecified atom stereocenters. The Morgan fingerprint density at radius 3 is 2.83 bits per heavy atom. The third-order valence-electron chi connectivity index (χ3n) is 4.16. The molecule has 0 saturated heterocycles. The zero-order chi connectivity index (χ0) is 16.9. The normalized spacial score (nSPS) is 17.2. The summed E-state index contributed by atoms with van der Waals surface area (Å²) < 4.78 is 30.6. The van der Waals surface area contributed by atoms with Crippen LogP contribution in [0.4, 0.5) is 5.69 Å². The van der Waals surface area contributed by atoms with Gasteiger partial charge in [0.2, 0.25) is 10.0 Å². The first-order valence-electron chi connectivity index (χ1n) is 7.54. The number of sulfonamides is 1. The summed E-state index contributed by atoms with van der Waals surface area (Å²) >= 11 is 1.56. The van der Waals surface area contributed by atoms with Crippen molar-refractivity contribution in [3.05, 3.63) is 47.7 Å². The Bertz CT molecular complexity index is 991. The van der Waals surface area contributed by atoms with Crippen molar-refractivity contribution in [1.29, 1.82) is 0 Å². The van der Waals surface area contributed by atoms with Gasteiger partial charge in [-0.25, -0.2) is 13.4 Å². The van der Waals surface area contributed by atoms with Crippen LogP contribution in [0.1, 0.15) is 12.5 Å². The van der Waals surface area contributed by atoms with Gasteiger partial charge in [0.1, 0.15) is 11.3 Å². The van der Waals surface area contributed by atoms with Gasteiger partial charge in [0.15, 0.2) is 0 Å². The van der Waals surface area contributed by atoms with E-state index in [0.717, 1.165) is 39.5 Å². The topological polar surface area (TPSA) is 63.4 Å². The second-order valence-electron chi connectivity index (χ2n) is 6.01. The van der Waals surface area contributed by atoms with Crippen LogP contribution >= 0.6 is 11.3 Å². The predicted octanol–water partition coefficient (Wildman–Crippen LogP) is 3.78. The number of anilines is 1. The van der Waals surface area contributed by atoms with E-state index in [1.54, 1.807) is 23.9 Å². The number of nitrogens with zero attached hydrogens (tertiary/aromatic N) is 2. The molecular formula is C17H16N2O3S2. The van der Waals surface area contributed by atoms with Crippen LogP contribution < -0.4 is 4.31 Å². The van der Waals surface area contributed by atoms with Crippen LogP contribution in [-0.4, -0.2) is 25.7 Å². The minimum Gasteiger partial charge on any atom is -0.472 e. The lowest BCUT2D eigenvalue weighted by Crippen LogP contribution is -2.34.